The van der Waals surface area contributed by atoms with Crippen molar-refractivity contribution in [1.82, 2.24) is 19.8 Å². The van der Waals surface area contributed by atoms with Crippen LogP contribution in [0, 0.1) is 18.3 Å². The Bertz CT molecular complexity index is 1540. The first-order chi connectivity index (χ1) is 21.5. The molecule has 2 bridgehead atoms. The van der Waals surface area contributed by atoms with Crippen molar-refractivity contribution in [1.29, 1.82) is 5.26 Å². The van der Waals surface area contributed by atoms with E-state index in [0.29, 0.717) is 50.9 Å². The Kier molecular flexibility index (Phi) is 8.27. The third kappa shape index (κ3) is 5.69. The van der Waals surface area contributed by atoms with Crippen LogP contribution in [0.1, 0.15) is 43.0 Å². The van der Waals surface area contributed by atoms with E-state index < -0.39 is 6.30 Å². The van der Waals surface area contributed by atoms with Crippen molar-refractivity contribution in [2.24, 2.45) is 0 Å². The molecule has 4 aliphatic heterocycles. The number of rotatable bonds is 9. The number of hydrogen-bond donors (Lipinski definition) is 0. The van der Waals surface area contributed by atoms with E-state index in [4.69, 9.17) is 19.4 Å². The Balaban J connectivity index is 1.15. The molecule has 5 heterocycles. The highest BCUT2D eigenvalue weighted by Gasteiger charge is 2.38. The lowest BCUT2D eigenvalue weighted by molar-refractivity contribution is 0.0287. The zero-order valence-electron chi connectivity index (χ0n) is 25.8. The highest BCUT2D eigenvalue weighted by atomic mass is 19.1. The number of alkyl halides is 1. The molecule has 1 unspecified atom stereocenters. The monoisotopic (exact) mass is 599 g/mol. The Morgan fingerprint density at radius 2 is 1.98 bits per heavy atom. The second-order valence-corrected chi connectivity index (χ2v) is 12.7. The molecule has 2 aromatic carbocycles. The fourth-order valence-corrected chi connectivity index (χ4v) is 7.69. The lowest BCUT2D eigenvalue weighted by atomic mass is 9.99. The fraction of sp³-hybridized carbons (Fsp3) is 0.559. The average Bonchev–Trinajstić information content (AvgIpc) is 3.66. The number of nitrogens with zero attached hydrogens (tertiary/aromatic N) is 7. The van der Waals surface area contributed by atoms with Gasteiger partial charge in [0, 0.05) is 68.0 Å². The summed E-state index contributed by atoms with van der Waals surface area (Å²) in [7, 11) is 0. The van der Waals surface area contributed by atoms with Crippen LogP contribution in [-0.2, 0) is 17.7 Å². The number of ether oxygens (including phenoxy) is 2. The van der Waals surface area contributed by atoms with Gasteiger partial charge in [-0.05, 0) is 50.1 Å². The highest BCUT2D eigenvalue weighted by molar-refractivity contribution is 5.97. The van der Waals surface area contributed by atoms with Crippen molar-refractivity contribution in [3.63, 3.8) is 0 Å². The maximum atomic E-state index is 14.4. The maximum Gasteiger partial charge on any atom is 0.318 e. The van der Waals surface area contributed by atoms with Gasteiger partial charge in [0.05, 0.1) is 44.0 Å². The largest absolute Gasteiger partial charge is 0.463 e. The number of nitriles is 1. The summed E-state index contributed by atoms with van der Waals surface area (Å²) >= 11 is 0. The summed E-state index contributed by atoms with van der Waals surface area (Å²) in [6, 6.07) is 16.0. The molecule has 0 radical (unpaired) electrons. The maximum absolute atomic E-state index is 14.4. The predicted molar refractivity (Wildman–Crippen MR) is 169 cm³/mol. The van der Waals surface area contributed by atoms with Crippen molar-refractivity contribution in [3.05, 3.63) is 53.2 Å². The Hall–Kier alpha value is -3.52. The zero-order valence-corrected chi connectivity index (χ0v) is 25.8. The lowest BCUT2D eigenvalue weighted by Gasteiger charge is -2.43. The number of fused-ring (bicyclic) bond motifs is 4. The summed E-state index contributed by atoms with van der Waals surface area (Å²) in [4.78, 5) is 18.9. The van der Waals surface area contributed by atoms with Crippen molar-refractivity contribution in [3.8, 4) is 12.1 Å². The molecule has 1 aromatic heterocycles. The molecule has 0 saturated carbocycles. The number of anilines is 2. The van der Waals surface area contributed by atoms with Gasteiger partial charge in [0.1, 0.15) is 5.82 Å². The molecular formula is C34H42FN7O2. The average molecular weight is 600 g/mol. The number of halogens is 1. The lowest BCUT2D eigenvalue weighted by Crippen LogP contribution is -2.55. The van der Waals surface area contributed by atoms with E-state index in [0.717, 1.165) is 62.6 Å². The van der Waals surface area contributed by atoms with Gasteiger partial charge in [-0.3, -0.25) is 9.80 Å². The van der Waals surface area contributed by atoms with E-state index in [1.807, 2.05) is 0 Å². The third-order valence-corrected chi connectivity index (χ3v) is 9.90. The van der Waals surface area contributed by atoms with E-state index >= 15 is 0 Å². The summed E-state index contributed by atoms with van der Waals surface area (Å²) < 4.78 is 26.5. The number of piperazine rings is 1. The van der Waals surface area contributed by atoms with Gasteiger partial charge in [0.25, 0.3) is 0 Å². The molecule has 3 aromatic rings. The Labute approximate surface area is 259 Å². The van der Waals surface area contributed by atoms with Crippen LogP contribution in [-0.4, -0.2) is 96.7 Å². The highest BCUT2D eigenvalue weighted by Crippen LogP contribution is 2.36. The molecule has 232 valence electrons. The molecule has 4 atom stereocenters. The zero-order chi connectivity index (χ0) is 30.2. The minimum Gasteiger partial charge on any atom is -0.463 e. The number of aromatic nitrogens is 2. The molecule has 3 fully saturated rings. The van der Waals surface area contributed by atoms with Crippen molar-refractivity contribution in [2.75, 3.05) is 62.3 Å². The molecule has 0 aliphatic carbocycles. The van der Waals surface area contributed by atoms with Crippen LogP contribution in [0.5, 0.6) is 6.01 Å². The van der Waals surface area contributed by atoms with Crippen LogP contribution in [0.3, 0.4) is 0 Å². The quantitative estimate of drug-likeness (QED) is 0.262. The topological polar surface area (TPSA) is 81.0 Å². The summed E-state index contributed by atoms with van der Waals surface area (Å²) in [5.41, 5.74) is 4.60. The standard InChI is InChI=1S/C34H42FN7O2/c1-23-6-3-7-25-8-4-9-31(32(23)25)40-14-11-29-30(21-40)37-34(43-17-5-13-39-20-28-18-27(39)22-44-28)38-33(29)41-15-16-42(24(2)35)26(19-41)10-12-36/h3-4,6-9,24,26-28H,5,10-11,13-22H2,1-2H3/t24?,26-,27-,28-/m0/s1. The van der Waals surface area contributed by atoms with Crippen LogP contribution in [0.25, 0.3) is 10.8 Å². The third-order valence-electron chi connectivity index (χ3n) is 9.90. The number of morpholine rings is 1. The summed E-state index contributed by atoms with van der Waals surface area (Å²) in [5.74, 6) is 0.877. The summed E-state index contributed by atoms with van der Waals surface area (Å²) in [6.07, 6.45) is 2.42. The van der Waals surface area contributed by atoms with Crippen molar-refractivity contribution in [2.45, 2.75) is 70.6 Å². The fourth-order valence-electron chi connectivity index (χ4n) is 7.69. The van der Waals surface area contributed by atoms with Crippen LogP contribution in [0.15, 0.2) is 36.4 Å². The molecule has 7 rings (SSSR count). The van der Waals surface area contributed by atoms with E-state index in [1.54, 1.807) is 11.8 Å². The van der Waals surface area contributed by atoms with Crippen LogP contribution in [0.2, 0.25) is 0 Å². The van der Waals surface area contributed by atoms with Gasteiger partial charge in [-0.1, -0.05) is 30.3 Å². The molecular weight excluding hydrogens is 557 g/mol. The molecule has 3 saturated heterocycles. The van der Waals surface area contributed by atoms with Gasteiger partial charge >= 0.3 is 6.01 Å². The van der Waals surface area contributed by atoms with Crippen molar-refractivity contribution < 1.29 is 13.9 Å². The first kappa shape index (κ1) is 29.2. The molecule has 0 amide bonds. The van der Waals surface area contributed by atoms with Crippen LogP contribution < -0.4 is 14.5 Å². The van der Waals surface area contributed by atoms with Gasteiger partial charge < -0.3 is 19.3 Å². The van der Waals surface area contributed by atoms with E-state index in [9.17, 15) is 9.65 Å². The second-order valence-electron chi connectivity index (χ2n) is 12.7. The predicted octanol–water partition coefficient (Wildman–Crippen LogP) is 4.46. The Morgan fingerprint density at radius 3 is 2.75 bits per heavy atom. The van der Waals surface area contributed by atoms with Crippen LogP contribution >= 0.6 is 0 Å². The first-order valence-corrected chi connectivity index (χ1v) is 16.1. The Morgan fingerprint density at radius 1 is 1.11 bits per heavy atom. The van der Waals surface area contributed by atoms with Crippen LogP contribution in [0.4, 0.5) is 15.9 Å². The van der Waals surface area contributed by atoms with E-state index in [-0.39, 0.29) is 12.5 Å². The summed E-state index contributed by atoms with van der Waals surface area (Å²) in [6.45, 7) is 10.4. The molecule has 0 spiro atoms. The molecule has 4 aliphatic rings. The number of hydrogen-bond acceptors (Lipinski definition) is 9. The molecule has 0 N–H and O–H groups in total. The van der Waals surface area contributed by atoms with Gasteiger partial charge in [-0.25, -0.2) is 4.39 Å². The smallest absolute Gasteiger partial charge is 0.318 e. The number of likely N-dealkylation sites (tertiary alicyclic amines) is 1. The van der Waals surface area contributed by atoms with Crippen molar-refractivity contribution >= 4 is 22.3 Å². The van der Waals surface area contributed by atoms with Gasteiger partial charge in [0.15, 0.2) is 6.30 Å². The summed E-state index contributed by atoms with van der Waals surface area (Å²) in [5, 5.41) is 12.0. The van der Waals surface area contributed by atoms with Gasteiger partial charge in [-0.15, -0.1) is 0 Å². The number of benzene rings is 2. The molecule has 9 nitrogen and oxygen atoms in total. The first-order valence-electron chi connectivity index (χ1n) is 16.1. The van der Waals surface area contributed by atoms with E-state index in [2.05, 4.69) is 64.1 Å². The normalized spacial score (nSPS) is 24.5. The molecule has 44 heavy (non-hydrogen) atoms. The number of aryl methyl sites for hydroxylation is 1. The van der Waals surface area contributed by atoms with Gasteiger partial charge in [0.2, 0.25) is 0 Å². The SMILES string of the molecule is Cc1cccc2cccc(N3CCc4c(nc(OCCCN5C[C@@H]6C[C@H]5CO6)nc4N4CCN(C(C)F)[C@@H](CC#N)C4)C3)c12. The minimum absolute atomic E-state index is 0.192. The minimum atomic E-state index is -1.09. The second kappa shape index (κ2) is 12.5. The molecule has 10 heteroatoms. The van der Waals surface area contributed by atoms with Gasteiger partial charge in [-0.2, -0.15) is 15.2 Å². The van der Waals surface area contributed by atoms with E-state index in [1.165, 1.54) is 22.0 Å².